The zero-order valence-electron chi connectivity index (χ0n) is 12.2. The molecular weight excluding hydrogens is 268 g/mol. The van der Waals surface area contributed by atoms with Crippen LogP contribution >= 0.6 is 0 Å². The van der Waals surface area contributed by atoms with Crippen LogP contribution in [-0.2, 0) is 20.7 Å². The van der Waals surface area contributed by atoms with Crippen molar-refractivity contribution in [3.63, 3.8) is 0 Å². The van der Waals surface area contributed by atoms with Gasteiger partial charge in [-0.2, -0.15) is 0 Å². The lowest BCUT2D eigenvalue weighted by Gasteiger charge is -2.19. The largest absolute Gasteiger partial charge is 0.368 e. The molecule has 2 atom stereocenters. The molecule has 1 aliphatic rings. The number of rotatable bonds is 8. The molecule has 0 spiro atoms. The second-order valence-corrected chi connectivity index (χ2v) is 5.57. The van der Waals surface area contributed by atoms with Crippen molar-refractivity contribution in [2.45, 2.75) is 38.3 Å². The topological polar surface area (TPSA) is 81.4 Å². The standard InChI is InChI=1S/C16H22N2O3/c1-11(21-10-13-7-8-13)16(20)18-14(15(17)19)9-12-5-3-2-4-6-12/h2-6,11,13-14H,7-10H2,1H3,(H2,17,19)(H,18,20)/t11-,14+/m1/s1. The maximum Gasteiger partial charge on any atom is 0.249 e. The van der Waals surface area contributed by atoms with Gasteiger partial charge in [-0.1, -0.05) is 30.3 Å². The molecule has 2 rings (SSSR count). The molecular formula is C16H22N2O3. The summed E-state index contributed by atoms with van der Waals surface area (Å²) in [6, 6.07) is 8.75. The highest BCUT2D eigenvalue weighted by Gasteiger charge is 2.26. The lowest BCUT2D eigenvalue weighted by atomic mass is 10.1. The van der Waals surface area contributed by atoms with Crippen LogP contribution in [0.5, 0.6) is 0 Å². The highest BCUT2D eigenvalue weighted by atomic mass is 16.5. The maximum absolute atomic E-state index is 12.0. The van der Waals surface area contributed by atoms with Gasteiger partial charge in [-0.3, -0.25) is 9.59 Å². The molecule has 0 aliphatic heterocycles. The van der Waals surface area contributed by atoms with E-state index in [9.17, 15) is 9.59 Å². The summed E-state index contributed by atoms with van der Waals surface area (Å²) in [7, 11) is 0. The number of carbonyl (C=O) groups excluding carboxylic acids is 2. The predicted molar refractivity (Wildman–Crippen MR) is 79.4 cm³/mol. The van der Waals surface area contributed by atoms with Gasteiger partial charge in [0.05, 0.1) is 6.61 Å². The normalized spacial score (nSPS) is 17.0. The molecule has 3 N–H and O–H groups in total. The van der Waals surface area contributed by atoms with Crippen LogP contribution < -0.4 is 11.1 Å². The van der Waals surface area contributed by atoms with E-state index in [2.05, 4.69) is 5.32 Å². The summed E-state index contributed by atoms with van der Waals surface area (Å²) in [5, 5.41) is 2.67. The fourth-order valence-electron chi connectivity index (χ4n) is 2.00. The number of amides is 2. The van der Waals surface area contributed by atoms with Gasteiger partial charge in [-0.15, -0.1) is 0 Å². The Kier molecular flexibility index (Phi) is 5.33. The summed E-state index contributed by atoms with van der Waals surface area (Å²) < 4.78 is 5.49. The van der Waals surface area contributed by atoms with E-state index in [1.54, 1.807) is 6.92 Å². The van der Waals surface area contributed by atoms with Crippen molar-refractivity contribution >= 4 is 11.8 Å². The van der Waals surface area contributed by atoms with Gasteiger partial charge < -0.3 is 15.8 Å². The molecule has 1 aromatic carbocycles. The lowest BCUT2D eigenvalue weighted by Crippen LogP contribution is -2.49. The van der Waals surface area contributed by atoms with Gasteiger partial charge in [0.1, 0.15) is 12.1 Å². The van der Waals surface area contributed by atoms with Gasteiger partial charge in [0.25, 0.3) is 0 Å². The fraction of sp³-hybridized carbons (Fsp3) is 0.500. The third kappa shape index (κ3) is 5.19. The monoisotopic (exact) mass is 290 g/mol. The molecule has 1 aliphatic carbocycles. The zero-order valence-corrected chi connectivity index (χ0v) is 12.2. The molecule has 21 heavy (non-hydrogen) atoms. The second kappa shape index (κ2) is 7.22. The number of ether oxygens (including phenoxy) is 1. The minimum atomic E-state index is -0.716. The van der Waals surface area contributed by atoms with Crippen molar-refractivity contribution in [3.05, 3.63) is 35.9 Å². The Labute approximate surface area is 124 Å². The lowest BCUT2D eigenvalue weighted by molar-refractivity contribution is -0.135. The summed E-state index contributed by atoms with van der Waals surface area (Å²) >= 11 is 0. The smallest absolute Gasteiger partial charge is 0.249 e. The van der Waals surface area contributed by atoms with Crippen LogP contribution in [0.3, 0.4) is 0 Å². The number of carbonyl (C=O) groups is 2. The van der Waals surface area contributed by atoms with Crippen molar-refractivity contribution < 1.29 is 14.3 Å². The number of benzene rings is 1. The van der Waals surface area contributed by atoms with Crippen molar-refractivity contribution in [1.82, 2.24) is 5.32 Å². The fourth-order valence-corrected chi connectivity index (χ4v) is 2.00. The summed E-state index contributed by atoms with van der Waals surface area (Å²) in [5.41, 5.74) is 6.32. The number of primary amides is 1. The second-order valence-electron chi connectivity index (χ2n) is 5.57. The third-order valence-electron chi connectivity index (χ3n) is 3.59. The Balaban J connectivity index is 1.86. The first-order valence-electron chi connectivity index (χ1n) is 7.31. The minimum Gasteiger partial charge on any atom is -0.368 e. The molecule has 5 nitrogen and oxygen atoms in total. The SMILES string of the molecule is C[C@@H](OCC1CC1)C(=O)N[C@@H](Cc1ccccc1)C(N)=O. The molecule has 2 amide bonds. The molecule has 5 heteroatoms. The number of nitrogens with two attached hydrogens (primary N) is 1. The van der Waals surface area contributed by atoms with Gasteiger partial charge in [0, 0.05) is 6.42 Å². The van der Waals surface area contributed by atoms with E-state index in [0.717, 1.165) is 5.56 Å². The van der Waals surface area contributed by atoms with Gasteiger partial charge in [-0.25, -0.2) is 0 Å². The van der Waals surface area contributed by atoms with E-state index in [0.29, 0.717) is 18.9 Å². The van der Waals surface area contributed by atoms with E-state index in [4.69, 9.17) is 10.5 Å². The van der Waals surface area contributed by atoms with Crippen molar-refractivity contribution in [3.8, 4) is 0 Å². The average molecular weight is 290 g/mol. The van der Waals surface area contributed by atoms with E-state index in [1.165, 1.54) is 12.8 Å². The Bertz CT molecular complexity index is 486. The summed E-state index contributed by atoms with van der Waals surface area (Å²) in [5.74, 6) is -0.242. The average Bonchev–Trinajstić information content (AvgIpc) is 3.29. The van der Waals surface area contributed by atoms with E-state index < -0.39 is 18.1 Å². The van der Waals surface area contributed by atoms with Crippen LogP contribution in [0.1, 0.15) is 25.3 Å². The van der Waals surface area contributed by atoms with Crippen LogP contribution in [0.2, 0.25) is 0 Å². The minimum absolute atomic E-state index is 0.296. The highest BCUT2D eigenvalue weighted by Crippen LogP contribution is 2.29. The summed E-state index contributed by atoms with van der Waals surface area (Å²) in [4.78, 5) is 23.5. The molecule has 0 bridgehead atoms. The van der Waals surface area contributed by atoms with Crippen LogP contribution in [0, 0.1) is 5.92 Å². The Morgan fingerprint density at radius 1 is 1.33 bits per heavy atom. The molecule has 114 valence electrons. The zero-order chi connectivity index (χ0) is 15.2. The number of nitrogens with one attached hydrogen (secondary N) is 1. The highest BCUT2D eigenvalue weighted by molar-refractivity contribution is 5.88. The number of hydrogen-bond acceptors (Lipinski definition) is 3. The van der Waals surface area contributed by atoms with Crippen LogP contribution in [-0.4, -0.2) is 30.6 Å². The first-order valence-corrected chi connectivity index (χ1v) is 7.31. The Hall–Kier alpha value is -1.88. The van der Waals surface area contributed by atoms with Crippen LogP contribution in [0.15, 0.2) is 30.3 Å². The van der Waals surface area contributed by atoms with E-state index >= 15 is 0 Å². The molecule has 0 aromatic heterocycles. The van der Waals surface area contributed by atoms with Gasteiger partial charge in [0.15, 0.2) is 0 Å². The first kappa shape index (κ1) is 15.5. The molecule has 0 radical (unpaired) electrons. The molecule has 1 saturated carbocycles. The molecule has 0 saturated heterocycles. The van der Waals surface area contributed by atoms with Crippen LogP contribution in [0.25, 0.3) is 0 Å². The number of hydrogen-bond donors (Lipinski definition) is 2. The molecule has 1 aromatic rings. The van der Waals surface area contributed by atoms with Crippen molar-refractivity contribution in [1.29, 1.82) is 0 Å². The van der Waals surface area contributed by atoms with Gasteiger partial charge in [0.2, 0.25) is 11.8 Å². The van der Waals surface area contributed by atoms with Crippen LogP contribution in [0.4, 0.5) is 0 Å². The van der Waals surface area contributed by atoms with Gasteiger partial charge >= 0.3 is 0 Å². The molecule has 0 heterocycles. The van der Waals surface area contributed by atoms with E-state index in [-0.39, 0.29) is 5.91 Å². The van der Waals surface area contributed by atoms with Crippen molar-refractivity contribution in [2.24, 2.45) is 11.7 Å². The molecule has 1 fully saturated rings. The predicted octanol–water partition coefficient (Wildman–Crippen LogP) is 1.01. The quantitative estimate of drug-likeness (QED) is 0.750. The van der Waals surface area contributed by atoms with Crippen molar-refractivity contribution in [2.75, 3.05) is 6.61 Å². The third-order valence-corrected chi connectivity index (χ3v) is 3.59. The van der Waals surface area contributed by atoms with E-state index in [1.807, 2.05) is 30.3 Å². The maximum atomic E-state index is 12.0. The molecule has 0 unspecified atom stereocenters. The first-order chi connectivity index (χ1) is 10.1. The Morgan fingerprint density at radius 2 is 2.00 bits per heavy atom. The summed E-state index contributed by atoms with van der Waals surface area (Å²) in [6.45, 7) is 2.30. The Morgan fingerprint density at radius 3 is 2.57 bits per heavy atom. The van der Waals surface area contributed by atoms with Gasteiger partial charge in [-0.05, 0) is 31.2 Å². The summed E-state index contributed by atoms with van der Waals surface area (Å²) in [6.07, 6.45) is 2.17.